The lowest BCUT2D eigenvalue weighted by Gasteiger charge is -2.36. The average molecular weight is 444 g/mol. The van der Waals surface area contributed by atoms with Crippen LogP contribution in [0.4, 0.5) is 0 Å². The van der Waals surface area contributed by atoms with Crippen LogP contribution in [0.25, 0.3) is 10.4 Å². The van der Waals surface area contributed by atoms with E-state index >= 15 is 0 Å². The molecule has 15 heteroatoms. The van der Waals surface area contributed by atoms with Crippen molar-refractivity contribution in [1.82, 2.24) is 14.6 Å². The van der Waals surface area contributed by atoms with Crippen LogP contribution >= 0.6 is 7.75 Å². The molecule has 2 fully saturated rings. The minimum atomic E-state index is -3.98. The Kier molecular flexibility index (Phi) is 6.18. The number of rotatable bonds is 6. The first-order valence-electron chi connectivity index (χ1n) is 8.99. The van der Waals surface area contributed by atoms with E-state index in [2.05, 4.69) is 20.1 Å². The predicted octanol–water partition coefficient (Wildman–Crippen LogP) is 0.568. The van der Waals surface area contributed by atoms with E-state index in [9.17, 15) is 18.9 Å². The first-order valence-corrected chi connectivity index (χ1v) is 10.5. The Balaban J connectivity index is 1.86. The van der Waals surface area contributed by atoms with Crippen molar-refractivity contribution in [2.75, 3.05) is 13.2 Å². The van der Waals surface area contributed by atoms with Crippen molar-refractivity contribution in [3.8, 4) is 0 Å². The Bertz CT molecular complexity index is 1030. The number of H-pyrrole nitrogens is 1. The van der Waals surface area contributed by atoms with Crippen LogP contribution in [0.1, 0.15) is 27.0 Å². The fourth-order valence-electron chi connectivity index (χ4n) is 3.25. The van der Waals surface area contributed by atoms with Crippen LogP contribution in [-0.4, -0.2) is 52.5 Å². The van der Waals surface area contributed by atoms with Gasteiger partial charge in [-0.25, -0.2) is 14.4 Å². The van der Waals surface area contributed by atoms with Crippen molar-refractivity contribution >= 4 is 13.7 Å². The summed E-state index contributed by atoms with van der Waals surface area (Å²) in [6.07, 6.45) is -2.25. The Morgan fingerprint density at radius 3 is 2.93 bits per heavy atom. The summed E-state index contributed by atoms with van der Waals surface area (Å²) in [5.74, 6) is -0.660. The molecule has 0 bridgehead atoms. The highest BCUT2D eigenvalue weighted by molar-refractivity contribution is 7.51. The maximum Gasteiger partial charge on any atom is 0.406 e. The molecule has 14 nitrogen and oxygen atoms in total. The number of hydrogen-bond acceptors (Lipinski definition) is 9. The highest BCUT2D eigenvalue weighted by Crippen LogP contribution is 2.56. The van der Waals surface area contributed by atoms with Gasteiger partial charge in [0.15, 0.2) is 6.23 Å². The standard InChI is InChI=1S/C15H21N6O8P/c1-8(2)27-11(23)6-17-30(25)26-7-9-12(29-30)15(3,19-20-16)13(28-9)21-5-4-10(22)18-14(21)24/h4-5,8-9,12-13H,6-7H2,1-3H3,(H,17,25)(H,18,22,24)/t9-,12-,13-,15-,30?/m1/s1. The highest BCUT2D eigenvalue weighted by Gasteiger charge is 2.60. The minimum Gasteiger partial charge on any atom is -0.462 e. The van der Waals surface area contributed by atoms with Crippen LogP contribution < -0.4 is 16.3 Å². The maximum atomic E-state index is 12.9. The second kappa shape index (κ2) is 8.34. The molecule has 164 valence electrons. The number of azide groups is 1. The highest BCUT2D eigenvalue weighted by atomic mass is 31.2. The van der Waals surface area contributed by atoms with Gasteiger partial charge in [-0.3, -0.25) is 28.2 Å². The molecule has 1 unspecified atom stereocenters. The number of aromatic amines is 1. The summed E-state index contributed by atoms with van der Waals surface area (Å²) in [5.41, 5.74) is 6.15. The molecule has 2 aliphatic rings. The molecule has 3 rings (SSSR count). The zero-order valence-corrected chi connectivity index (χ0v) is 17.3. The second-order valence-corrected chi connectivity index (χ2v) is 8.93. The first kappa shape index (κ1) is 22.2. The van der Waals surface area contributed by atoms with Crippen molar-refractivity contribution < 1.29 is 27.9 Å². The molecule has 30 heavy (non-hydrogen) atoms. The fourth-order valence-corrected chi connectivity index (χ4v) is 4.80. The zero-order valence-electron chi connectivity index (χ0n) is 16.4. The van der Waals surface area contributed by atoms with Gasteiger partial charge < -0.3 is 9.47 Å². The molecular weight excluding hydrogens is 423 g/mol. The van der Waals surface area contributed by atoms with Crippen molar-refractivity contribution in [1.29, 1.82) is 0 Å². The molecule has 3 heterocycles. The lowest BCUT2D eigenvalue weighted by Crippen LogP contribution is -2.48. The van der Waals surface area contributed by atoms with Crippen LogP contribution in [-0.2, 0) is 27.9 Å². The molecule has 2 aliphatic heterocycles. The van der Waals surface area contributed by atoms with Crippen molar-refractivity contribution in [3.63, 3.8) is 0 Å². The van der Waals surface area contributed by atoms with Crippen LogP contribution in [0.5, 0.6) is 0 Å². The third kappa shape index (κ3) is 4.33. The lowest BCUT2D eigenvalue weighted by molar-refractivity contribution is -0.146. The van der Waals surface area contributed by atoms with Crippen molar-refractivity contribution in [3.05, 3.63) is 43.5 Å². The largest absolute Gasteiger partial charge is 0.462 e. The summed E-state index contributed by atoms with van der Waals surface area (Å²) >= 11 is 0. The topological polar surface area (TPSA) is 187 Å². The van der Waals surface area contributed by atoms with E-state index in [1.165, 1.54) is 13.1 Å². The molecular formula is C15H21N6O8P. The number of ether oxygens (including phenoxy) is 2. The van der Waals surface area contributed by atoms with Gasteiger partial charge in [-0.15, -0.1) is 0 Å². The monoisotopic (exact) mass is 444 g/mol. The van der Waals surface area contributed by atoms with Gasteiger partial charge in [0.1, 0.15) is 24.3 Å². The van der Waals surface area contributed by atoms with E-state index in [4.69, 9.17) is 24.1 Å². The smallest absolute Gasteiger partial charge is 0.406 e. The maximum absolute atomic E-state index is 12.9. The molecule has 0 aliphatic carbocycles. The zero-order chi connectivity index (χ0) is 22.1. The van der Waals surface area contributed by atoms with E-state index in [1.54, 1.807) is 13.8 Å². The van der Waals surface area contributed by atoms with Crippen LogP contribution in [0, 0.1) is 0 Å². The number of esters is 1. The number of nitrogens with one attached hydrogen (secondary N) is 2. The Hall–Kier alpha value is -2.47. The van der Waals surface area contributed by atoms with Gasteiger partial charge in [0, 0.05) is 17.2 Å². The van der Waals surface area contributed by atoms with E-state index in [0.29, 0.717) is 0 Å². The molecule has 1 aromatic rings. The summed E-state index contributed by atoms with van der Waals surface area (Å²) in [6, 6.07) is 1.10. The summed E-state index contributed by atoms with van der Waals surface area (Å²) < 4.78 is 35.6. The molecule has 5 atom stereocenters. The SMILES string of the molecule is CC(C)OC(=O)CNP1(=O)OC[C@H]2O[C@@H](n3ccc(=O)[nH]c3=O)[C@](C)(N=[N+]=[N-])[C@@H]2O1. The van der Waals surface area contributed by atoms with Gasteiger partial charge in [-0.1, -0.05) is 5.11 Å². The molecule has 1 aromatic heterocycles. The molecule has 0 amide bonds. The predicted molar refractivity (Wildman–Crippen MR) is 100 cm³/mol. The summed E-state index contributed by atoms with van der Waals surface area (Å²) in [6.45, 7) is 4.13. The Morgan fingerprint density at radius 2 is 2.30 bits per heavy atom. The van der Waals surface area contributed by atoms with Gasteiger partial charge >= 0.3 is 19.4 Å². The molecule has 0 spiro atoms. The van der Waals surface area contributed by atoms with Gasteiger partial charge in [0.2, 0.25) is 0 Å². The van der Waals surface area contributed by atoms with E-state index in [1.807, 2.05) is 0 Å². The number of aromatic nitrogens is 2. The van der Waals surface area contributed by atoms with Gasteiger partial charge in [0.25, 0.3) is 5.56 Å². The van der Waals surface area contributed by atoms with Crippen molar-refractivity contribution in [2.45, 2.75) is 50.8 Å². The number of fused-ring (bicyclic) bond motifs is 1. The normalized spacial score (nSPS) is 33.0. The summed E-state index contributed by atoms with van der Waals surface area (Å²) in [5, 5.41) is 6.14. The number of nitrogens with zero attached hydrogens (tertiary/aromatic N) is 4. The van der Waals surface area contributed by atoms with Crippen LogP contribution in [0.3, 0.4) is 0 Å². The van der Waals surface area contributed by atoms with Crippen LogP contribution in [0.2, 0.25) is 0 Å². The molecule has 2 saturated heterocycles. The molecule has 2 N–H and O–H groups in total. The second-order valence-electron chi connectivity index (χ2n) is 7.15. The third-order valence-corrected chi connectivity index (χ3v) is 6.07. The van der Waals surface area contributed by atoms with E-state index in [0.717, 1.165) is 10.6 Å². The van der Waals surface area contributed by atoms with Gasteiger partial charge in [0.05, 0.1) is 12.7 Å². The molecule has 0 radical (unpaired) electrons. The molecule has 0 saturated carbocycles. The fraction of sp³-hybridized carbons (Fsp3) is 0.667. The summed E-state index contributed by atoms with van der Waals surface area (Å²) in [4.78, 5) is 40.2. The van der Waals surface area contributed by atoms with Crippen LogP contribution in [0.15, 0.2) is 27.0 Å². The minimum absolute atomic E-state index is 0.223. The Morgan fingerprint density at radius 1 is 1.57 bits per heavy atom. The van der Waals surface area contributed by atoms with Gasteiger partial charge in [-0.05, 0) is 26.3 Å². The van der Waals surface area contributed by atoms with E-state index < -0.39 is 55.5 Å². The lowest BCUT2D eigenvalue weighted by atomic mass is 9.93. The Labute approximate surface area is 169 Å². The van der Waals surface area contributed by atoms with Gasteiger partial charge in [-0.2, -0.15) is 0 Å². The van der Waals surface area contributed by atoms with Crippen molar-refractivity contribution in [2.24, 2.45) is 5.11 Å². The quantitative estimate of drug-likeness (QED) is 0.208. The third-order valence-electron chi connectivity index (χ3n) is 4.53. The summed E-state index contributed by atoms with van der Waals surface area (Å²) in [7, 11) is -3.98. The number of hydrogen-bond donors (Lipinski definition) is 2. The molecule has 0 aromatic carbocycles. The van der Waals surface area contributed by atoms with E-state index in [-0.39, 0.29) is 12.7 Å². The average Bonchev–Trinajstić information content (AvgIpc) is 2.92. The number of carbonyl (C=O) groups excluding carboxylic acids is 1. The first-order chi connectivity index (χ1) is 14.1. The number of carbonyl (C=O) groups is 1.